The fourth-order valence-electron chi connectivity index (χ4n) is 2.78. The minimum absolute atomic E-state index is 0.145. The summed E-state index contributed by atoms with van der Waals surface area (Å²) in [6.07, 6.45) is 2.96. The minimum atomic E-state index is 0.145. The van der Waals surface area contributed by atoms with Crippen LogP contribution in [0.15, 0.2) is 16.7 Å². The van der Waals surface area contributed by atoms with Crippen LogP contribution >= 0.6 is 0 Å². The maximum atomic E-state index is 5.80. The third kappa shape index (κ3) is 2.66. The first-order valence-electron chi connectivity index (χ1n) is 7.41. The van der Waals surface area contributed by atoms with Crippen LogP contribution < -0.4 is 5.32 Å². The highest BCUT2D eigenvalue weighted by molar-refractivity contribution is 5.38. The van der Waals surface area contributed by atoms with Crippen LogP contribution in [-0.4, -0.2) is 16.3 Å². The molecular formula is C16H25N3O. The number of aryl methyl sites for hydroxylation is 3. The summed E-state index contributed by atoms with van der Waals surface area (Å²) < 4.78 is 7.89. The van der Waals surface area contributed by atoms with Gasteiger partial charge in [0.05, 0.1) is 11.7 Å². The molecule has 0 spiro atoms. The highest BCUT2D eigenvalue weighted by Crippen LogP contribution is 2.31. The van der Waals surface area contributed by atoms with Gasteiger partial charge in [-0.15, -0.1) is 0 Å². The van der Waals surface area contributed by atoms with Gasteiger partial charge in [0.25, 0.3) is 0 Å². The van der Waals surface area contributed by atoms with E-state index < -0.39 is 0 Å². The van der Waals surface area contributed by atoms with E-state index in [0.717, 1.165) is 31.0 Å². The summed E-state index contributed by atoms with van der Waals surface area (Å²) in [4.78, 5) is 0. The molecule has 0 aromatic carbocycles. The monoisotopic (exact) mass is 275 g/mol. The number of hydrogen-bond acceptors (Lipinski definition) is 3. The maximum absolute atomic E-state index is 5.80. The van der Waals surface area contributed by atoms with E-state index in [1.165, 1.54) is 16.8 Å². The molecule has 0 aliphatic carbocycles. The molecule has 2 rings (SSSR count). The molecule has 0 amide bonds. The van der Waals surface area contributed by atoms with Gasteiger partial charge in [-0.05, 0) is 45.4 Å². The van der Waals surface area contributed by atoms with Gasteiger partial charge in [0.2, 0.25) is 0 Å². The molecule has 0 aliphatic heterocycles. The molecule has 0 saturated carbocycles. The first-order chi connectivity index (χ1) is 9.60. The lowest BCUT2D eigenvalue weighted by atomic mass is 9.99. The van der Waals surface area contributed by atoms with Crippen molar-refractivity contribution < 1.29 is 4.42 Å². The van der Waals surface area contributed by atoms with Crippen LogP contribution in [0.4, 0.5) is 0 Å². The van der Waals surface area contributed by atoms with Crippen LogP contribution in [0, 0.1) is 20.8 Å². The molecule has 2 aromatic heterocycles. The number of nitrogens with one attached hydrogen (secondary N) is 1. The Hall–Kier alpha value is -1.55. The number of hydrogen-bond donors (Lipinski definition) is 1. The largest absolute Gasteiger partial charge is 0.466 e. The fourth-order valence-corrected chi connectivity index (χ4v) is 2.78. The van der Waals surface area contributed by atoms with E-state index in [-0.39, 0.29) is 6.04 Å². The zero-order valence-electron chi connectivity index (χ0n) is 13.2. The quantitative estimate of drug-likeness (QED) is 0.877. The predicted octanol–water partition coefficient (Wildman–Crippen LogP) is 3.51. The molecule has 1 unspecified atom stereocenters. The standard InChI is InChI=1S/C16H25N3O/c1-6-10-19-14(8-9-18-19)16(17-7-2)15-11(3)12(4)20-13(15)5/h8-9,16-17H,6-7,10H2,1-5H3. The van der Waals surface area contributed by atoms with Gasteiger partial charge >= 0.3 is 0 Å². The van der Waals surface area contributed by atoms with E-state index >= 15 is 0 Å². The van der Waals surface area contributed by atoms with Crippen molar-refractivity contribution in [3.05, 3.63) is 40.6 Å². The molecule has 4 nitrogen and oxygen atoms in total. The van der Waals surface area contributed by atoms with Gasteiger partial charge in [-0.2, -0.15) is 5.10 Å². The Labute approximate surface area is 121 Å². The van der Waals surface area contributed by atoms with E-state index in [2.05, 4.69) is 41.9 Å². The Morgan fingerprint density at radius 1 is 1.25 bits per heavy atom. The van der Waals surface area contributed by atoms with E-state index in [4.69, 9.17) is 4.42 Å². The van der Waals surface area contributed by atoms with Gasteiger partial charge in [0, 0.05) is 18.3 Å². The smallest absolute Gasteiger partial charge is 0.106 e. The summed E-state index contributed by atoms with van der Waals surface area (Å²) in [5, 5.41) is 8.02. The summed E-state index contributed by atoms with van der Waals surface area (Å²) in [5.74, 6) is 2.00. The Kier molecular flexibility index (Phi) is 4.65. The Morgan fingerprint density at radius 2 is 2.00 bits per heavy atom. The van der Waals surface area contributed by atoms with Gasteiger partial charge < -0.3 is 9.73 Å². The molecule has 110 valence electrons. The first-order valence-corrected chi connectivity index (χ1v) is 7.41. The summed E-state index contributed by atoms with van der Waals surface area (Å²) in [7, 11) is 0. The van der Waals surface area contributed by atoms with Crippen LogP contribution in [0.3, 0.4) is 0 Å². The summed E-state index contributed by atoms with van der Waals surface area (Å²) in [6, 6.07) is 2.25. The molecule has 2 aromatic rings. The van der Waals surface area contributed by atoms with Crippen molar-refractivity contribution in [2.24, 2.45) is 0 Å². The second-order valence-electron chi connectivity index (χ2n) is 5.22. The molecular weight excluding hydrogens is 250 g/mol. The molecule has 0 saturated heterocycles. The average molecular weight is 275 g/mol. The van der Waals surface area contributed by atoms with Crippen LogP contribution in [0.2, 0.25) is 0 Å². The molecule has 1 atom stereocenters. The fraction of sp³-hybridized carbons (Fsp3) is 0.562. The number of nitrogens with zero attached hydrogens (tertiary/aromatic N) is 2. The minimum Gasteiger partial charge on any atom is -0.466 e. The molecule has 4 heteroatoms. The molecule has 2 heterocycles. The van der Waals surface area contributed by atoms with Crippen molar-refractivity contribution in [1.29, 1.82) is 0 Å². The SMILES string of the molecule is CCCn1nccc1C(NCC)c1c(C)oc(C)c1C. The third-order valence-corrected chi connectivity index (χ3v) is 3.80. The van der Waals surface area contributed by atoms with E-state index in [1.54, 1.807) is 0 Å². The lowest BCUT2D eigenvalue weighted by Crippen LogP contribution is -2.25. The van der Waals surface area contributed by atoms with Gasteiger partial charge in [-0.1, -0.05) is 13.8 Å². The maximum Gasteiger partial charge on any atom is 0.106 e. The molecule has 0 aliphatic rings. The van der Waals surface area contributed by atoms with Crippen molar-refractivity contribution in [2.45, 2.75) is 53.6 Å². The van der Waals surface area contributed by atoms with Gasteiger partial charge in [0.15, 0.2) is 0 Å². The molecule has 1 N–H and O–H groups in total. The van der Waals surface area contributed by atoms with E-state index in [9.17, 15) is 0 Å². The van der Waals surface area contributed by atoms with Crippen LogP contribution in [0.5, 0.6) is 0 Å². The molecule has 0 radical (unpaired) electrons. The first kappa shape index (κ1) is 14.9. The Balaban J connectivity index is 2.48. The summed E-state index contributed by atoms with van der Waals surface area (Å²) in [5.41, 5.74) is 3.70. The Bertz CT molecular complexity index is 568. The van der Waals surface area contributed by atoms with E-state index in [1.807, 2.05) is 20.0 Å². The van der Waals surface area contributed by atoms with Crippen LogP contribution in [0.1, 0.15) is 54.7 Å². The van der Waals surface area contributed by atoms with Crippen molar-refractivity contribution in [2.75, 3.05) is 6.54 Å². The lowest BCUT2D eigenvalue weighted by Gasteiger charge is -2.20. The third-order valence-electron chi connectivity index (χ3n) is 3.80. The summed E-state index contributed by atoms with van der Waals surface area (Å²) >= 11 is 0. The summed E-state index contributed by atoms with van der Waals surface area (Å²) in [6.45, 7) is 12.4. The number of aromatic nitrogens is 2. The van der Waals surface area contributed by atoms with Gasteiger partial charge in [-0.25, -0.2) is 0 Å². The zero-order chi connectivity index (χ0) is 14.7. The molecule has 20 heavy (non-hydrogen) atoms. The molecule has 0 fully saturated rings. The Morgan fingerprint density at radius 3 is 2.55 bits per heavy atom. The zero-order valence-corrected chi connectivity index (χ0v) is 13.2. The predicted molar refractivity (Wildman–Crippen MR) is 81.0 cm³/mol. The highest BCUT2D eigenvalue weighted by atomic mass is 16.3. The average Bonchev–Trinajstić information content (AvgIpc) is 2.95. The normalized spacial score (nSPS) is 12.8. The van der Waals surface area contributed by atoms with Crippen molar-refractivity contribution in [3.8, 4) is 0 Å². The second-order valence-corrected chi connectivity index (χ2v) is 5.22. The number of rotatable bonds is 6. The lowest BCUT2D eigenvalue weighted by molar-refractivity contribution is 0.484. The van der Waals surface area contributed by atoms with Gasteiger partial charge in [-0.3, -0.25) is 4.68 Å². The topological polar surface area (TPSA) is 43.0 Å². The second kappa shape index (κ2) is 6.27. The highest BCUT2D eigenvalue weighted by Gasteiger charge is 2.24. The van der Waals surface area contributed by atoms with Crippen molar-refractivity contribution >= 4 is 0 Å². The van der Waals surface area contributed by atoms with Crippen molar-refractivity contribution in [3.63, 3.8) is 0 Å². The van der Waals surface area contributed by atoms with Crippen molar-refractivity contribution in [1.82, 2.24) is 15.1 Å². The van der Waals surface area contributed by atoms with E-state index in [0.29, 0.717) is 0 Å². The molecule has 0 bridgehead atoms. The van der Waals surface area contributed by atoms with Gasteiger partial charge in [0.1, 0.15) is 11.5 Å². The number of furan rings is 1. The van der Waals surface area contributed by atoms with Crippen LogP contribution in [-0.2, 0) is 6.54 Å². The van der Waals surface area contributed by atoms with Crippen LogP contribution in [0.25, 0.3) is 0 Å².